The van der Waals surface area contributed by atoms with Gasteiger partial charge < -0.3 is 14.5 Å². The van der Waals surface area contributed by atoms with Gasteiger partial charge in [-0.2, -0.15) is 0 Å². The minimum atomic E-state index is -0.664. The number of nitrogens with zero attached hydrogens (tertiary/aromatic N) is 2. The van der Waals surface area contributed by atoms with Crippen LogP contribution in [-0.2, 0) is 14.3 Å². The second kappa shape index (κ2) is 6.26. The standard InChI is InChI=1S/C16H22N2O3/c1-11(2)18-13(19)10-21-15(16(20)17(3)4)14(18)12-8-6-5-7-9-12/h5-9,11,14-15H,10H2,1-4H3/t14-,15+/m1/s1. The lowest BCUT2D eigenvalue weighted by atomic mass is 9.95. The van der Waals surface area contributed by atoms with E-state index in [0.29, 0.717) is 0 Å². The molecule has 5 heteroatoms. The van der Waals surface area contributed by atoms with E-state index in [0.717, 1.165) is 5.56 Å². The van der Waals surface area contributed by atoms with Gasteiger partial charge >= 0.3 is 0 Å². The molecule has 2 rings (SSSR count). The molecule has 21 heavy (non-hydrogen) atoms. The number of morpholine rings is 1. The second-order valence-electron chi connectivity index (χ2n) is 5.71. The topological polar surface area (TPSA) is 49.9 Å². The van der Waals surface area contributed by atoms with Crippen LogP contribution in [0.1, 0.15) is 25.5 Å². The van der Waals surface area contributed by atoms with E-state index in [1.165, 1.54) is 4.90 Å². The fourth-order valence-electron chi connectivity index (χ4n) is 2.68. The molecule has 1 aromatic rings. The summed E-state index contributed by atoms with van der Waals surface area (Å²) in [5.74, 6) is -0.205. The lowest BCUT2D eigenvalue weighted by Gasteiger charge is -2.43. The molecule has 2 atom stereocenters. The summed E-state index contributed by atoms with van der Waals surface area (Å²) in [6.07, 6.45) is -0.664. The number of hydrogen-bond donors (Lipinski definition) is 0. The van der Waals surface area contributed by atoms with Crippen LogP contribution in [0.5, 0.6) is 0 Å². The maximum Gasteiger partial charge on any atom is 0.253 e. The Hall–Kier alpha value is -1.88. The molecule has 1 aliphatic rings. The van der Waals surface area contributed by atoms with Gasteiger partial charge in [0.2, 0.25) is 5.91 Å². The molecule has 1 aliphatic heterocycles. The van der Waals surface area contributed by atoms with E-state index < -0.39 is 6.10 Å². The third-order valence-electron chi connectivity index (χ3n) is 3.64. The maximum absolute atomic E-state index is 12.4. The fourth-order valence-corrected chi connectivity index (χ4v) is 2.68. The van der Waals surface area contributed by atoms with E-state index >= 15 is 0 Å². The van der Waals surface area contributed by atoms with Gasteiger partial charge in [-0.05, 0) is 19.4 Å². The molecule has 0 aliphatic carbocycles. The molecular weight excluding hydrogens is 268 g/mol. The van der Waals surface area contributed by atoms with Gasteiger partial charge in [-0.25, -0.2) is 0 Å². The molecule has 1 heterocycles. The van der Waals surface area contributed by atoms with Crippen LogP contribution < -0.4 is 0 Å². The molecule has 0 bridgehead atoms. The van der Waals surface area contributed by atoms with Gasteiger partial charge in [0.15, 0.2) is 6.10 Å². The van der Waals surface area contributed by atoms with Crippen molar-refractivity contribution in [2.45, 2.75) is 32.0 Å². The van der Waals surface area contributed by atoms with Gasteiger partial charge in [0.1, 0.15) is 6.61 Å². The average Bonchev–Trinajstić information content (AvgIpc) is 2.46. The summed E-state index contributed by atoms with van der Waals surface area (Å²) in [6, 6.07) is 9.20. The average molecular weight is 290 g/mol. The SMILES string of the molecule is CC(C)N1C(=O)CO[C@H](C(=O)N(C)C)[C@H]1c1ccccc1. The molecule has 5 nitrogen and oxygen atoms in total. The zero-order valence-electron chi connectivity index (χ0n) is 12.9. The van der Waals surface area contributed by atoms with Crippen molar-refractivity contribution in [2.24, 2.45) is 0 Å². The van der Waals surface area contributed by atoms with Crippen LogP contribution in [0.3, 0.4) is 0 Å². The lowest BCUT2D eigenvalue weighted by Crippen LogP contribution is -2.56. The number of rotatable bonds is 3. The predicted molar refractivity (Wildman–Crippen MR) is 79.6 cm³/mol. The second-order valence-corrected chi connectivity index (χ2v) is 5.71. The van der Waals surface area contributed by atoms with Gasteiger partial charge in [-0.3, -0.25) is 9.59 Å². The van der Waals surface area contributed by atoms with Crippen molar-refractivity contribution in [3.8, 4) is 0 Å². The van der Waals surface area contributed by atoms with Crippen LogP contribution in [0.2, 0.25) is 0 Å². The summed E-state index contributed by atoms with van der Waals surface area (Å²) in [5, 5.41) is 0. The Balaban J connectivity index is 2.45. The van der Waals surface area contributed by atoms with Crippen LogP contribution in [0.25, 0.3) is 0 Å². The number of hydrogen-bond acceptors (Lipinski definition) is 3. The summed E-state index contributed by atoms with van der Waals surface area (Å²) in [5.41, 5.74) is 0.916. The number of benzene rings is 1. The molecule has 0 unspecified atom stereocenters. The van der Waals surface area contributed by atoms with E-state index in [4.69, 9.17) is 4.74 Å². The van der Waals surface area contributed by atoms with E-state index in [9.17, 15) is 9.59 Å². The molecule has 1 saturated heterocycles. The van der Waals surface area contributed by atoms with E-state index in [2.05, 4.69) is 0 Å². The first-order valence-corrected chi connectivity index (χ1v) is 7.12. The largest absolute Gasteiger partial charge is 0.356 e. The zero-order chi connectivity index (χ0) is 15.6. The summed E-state index contributed by atoms with van der Waals surface area (Å²) in [6.45, 7) is 3.86. The Kier molecular flexibility index (Phi) is 4.63. The van der Waals surface area contributed by atoms with E-state index in [1.807, 2.05) is 44.2 Å². The molecule has 2 amide bonds. The van der Waals surface area contributed by atoms with Gasteiger partial charge in [0, 0.05) is 20.1 Å². The van der Waals surface area contributed by atoms with E-state index in [-0.39, 0.29) is 30.5 Å². The molecule has 1 aromatic carbocycles. The predicted octanol–water partition coefficient (Wildman–Crippen LogP) is 1.45. The van der Waals surface area contributed by atoms with Crippen LogP contribution >= 0.6 is 0 Å². The Morgan fingerprint density at radius 1 is 1.29 bits per heavy atom. The molecule has 0 aromatic heterocycles. The zero-order valence-corrected chi connectivity index (χ0v) is 12.9. The summed E-state index contributed by atoms with van der Waals surface area (Å²) < 4.78 is 5.58. The van der Waals surface area contributed by atoms with Gasteiger partial charge in [0.25, 0.3) is 5.91 Å². The Bertz CT molecular complexity index is 514. The fraction of sp³-hybridized carbons (Fsp3) is 0.500. The molecular formula is C16H22N2O3. The number of carbonyl (C=O) groups is 2. The Labute approximate surface area is 125 Å². The molecule has 0 N–H and O–H groups in total. The number of carbonyl (C=O) groups excluding carboxylic acids is 2. The van der Waals surface area contributed by atoms with Crippen molar-refractivity contribution in [3.05, 3.63) is 35.9 Å². The van der Waals surface area contributed by atoms with Crippen molar-refractivity contribution in [1.82, 2.24) is 9.80 Å². The van der Waals surface area contributed by atoms with Gasteiger partial charge in [0.05, 0.1) is 6.04 Å². The highest BCUT2D eigenvalue weighted by atomic mass is 16.5. The molecule has 0 radical (unpaired) electrons. The van der Waals surface area contributed by atoms with Gasteiger partial charge in [-0.1, -0.05) is 30.3 Å². The van der Waals surface area contributed by atoms with Crippen LogP contribution in [0.15, 0.2) is 30.3 Å². The molecule has 1 fully saturated rings. The van der Waals surface area contributed by atoms with Crippen molar-refractivity contribution >= 4 is 11.8 Å². The molecule has 0 saturated carbocycles. The highest BCUT2D eigenvalue weighted by molar-refractivity contribution is 5.86. The summed E-state index contributed by atoms with van der Waals surface area (Å²) in [4.78, 5) is 27.9. The van der Waals surface area contributed by atoms with Crippen molar-refractivity contribution < 1.29 is 14.3 Å². The first-order valence-electron chi connectivity index (χ1n) is 7.12. The van der Waals surface area contributed by atoms with Crippen LogP contribution in [0, 0.1) is 0 Å². The monoisotopic (exact) mass is 290 g/mol. The summed E-state index contributed by atoms with van der Waals surface area (Å²) in [7, 11) is 3.40. The number of ether oxygens (including phenoxy) is 1. The number of likely N-dealkylation sites (N-methyl/N-ethyl adjacent to an activating group) is 1. The molecule has 0 spiro atoms. The third-order valence-corrected chi connectivity index (χ3v) is 3.64. The summed E-state index contributed by atoms with van der Waals surface area (Å²) >= 11 is 0. The minimum absolute atomic E-state index is 0.00377. The minimum Gasteiger partial charge on any atom is -0.356 e. The first kappa shape index (κ1) is 15.5. The Morgan fingerprint density at radius 2 is 1.90 bits per heavy atom. The van der Waals surface area contributed by atoms with Crippen molar-refractivity contribution in [3.63, 3.8) is 0 Å². The first-order chi connectivity index (χ1) is 9.93. The highest BCUT2D eigenvalue weighted by Gasteiger charge is 2.43. The van der Waals surface area contributed by atoms with Crippen molar-refractivity contribution in [2.75, 3.05) is 20.7 Å². The number of amides is 2. The Morgan fingerprint density at radius 3 is 2.43 bits per heavy atom. The van der Waals surface area contributed by atoms with Crippen molar-refractivity contribution in [1.29, 1.82) is 0 Å². The smallest absolute Gasteiger partial charge is 0.253 e. The normalized spacial score (nSPS) is 22.5. The quantitative estimate of drug-likeness (QED) is 0.846. The molecule has 114 valence electrons. The van der Waals surface area contributed by atoms with Gasteiger partial charge in [-0.15, -0.1) is 0 Å². The van der Waals surface area contributed by atoms with E-state index in [1.54, 1.807) is 19.0 Å². The third kappa shape index (κ3) is 3.08. The lowest BCUT2D eigenvalue weighted by molar-refractivity contribution is -0.170. The van der Waals surface area contributed by atoms with Crippen LogP contribution in [-0.4, -0.2) is 54.5 Å². The van der Waals surface area contributed by atoms with Crippen LogP contribution in [0.4, 0.5) is 0 Å². The highest BCUT2D eigenvalue weighted by Crippen LogP contribution is 2.32. The maximum atomic E-state index is 12.4.